The second-order valence-electron chi connectivity index (χ2n) is 9.18. The highest BCUT2D eigenvalue weighted by atomic mass is 16.1. The summed E-state index contributed by atoms with van der Waals surface area (Å²) in [6.45, 7) is 4.63. The number of Topliss-reactive ketones (excluding diaryl/α,β-unsaturated/α-hetero) is 1. The van der Waals surface area contributed by atoms with E-state index in [4.69, 9.17) is 11.5 Å². The molecule has 0 aliphatic carbocycles. The predicted octanol–water partition coefficient (Wildman–Crippen LogP) is 6.08. The highest BCUT2D eigenvalue weighted by molar-refractivity contribution is 6.15. The first-order valence-electron chi connectivity index (χ1n) is 12.8. The zero-order valence-electron chi connectivity index (χ0n) is 20.2. The normalized spacial score (nSPS) is 12.5. The zero-order valence-corrected chi connectivity index (χ0v) is 20.2. The SMILES string of the molecule is CCCCCCCCNCc1c2ccccc2cc2cccc(C(=O)[C@@H](N)CCCCN)c12. The number of hydrogen-bond donors (Lipinski definition) is 3. The third-order valence-corrected chi connectivity index (χ3v) is 6.58. The Morgan fingerprint density at radius 2 is 1.67 bits per heavy atom. The summed E-state index contributed by atoms with van der Waals surface area (Å²) in [4.78, 5) is 13.4. The molecular formula is C29H41N3O. The van der Waals surface area contributed by atoms with Crippen LogP contribution in [0.1, 0.15) is 80.6 Å². The van der Waals surface area contributed by atoms with E-state index in [1.807, 2.05) is 12.1 Å². The largest absolute Gasteiger partial charge is 0.330 e. The van der Waals surface area contributed by atoms with E-state index >= 15 is 0 Å². The van der Waals surface area contributed by atoms with E-state index in [1.54, 1.807) is 0 Å². The van der Waals surface area contributed by atoms with Crippen LogP contribution in [0.5, 0.6) is 0 Å². The first kappa shape index (κ1) is 25.4. The molecule has 5 N–H and O–H groups in total. The van der Waals surface area contributed by atoms with Gasteiger partial charge < -0.3 is 16.8 Å². The minimum atomic E-state index is -0.488. The molecule has 0 fully saturated rings. The number of hydrogen-bond acceptors (Lipinski definition) is 4. The van der Waals surface area contributed by atoms with Crippen molar-refractivity contribution in [1.82, 2.24) is 5.32 Å². The molecule has 4 heteroatoms. The molecule has 0 heterocycles. The van der Waals surface area contributed by atoms with Gasteiger partial charge in [-0.1, -0.05) is 87.9 Å². The molecule has 0 bridgehead atoms. The van der Waals surface area contributed by atoms with Crippen LogP contribution in [0.15, 0.2) is 48.5 Å². The third kappa shape index (κ3) is 6.86. The van der Waals surface area contributed by atoms with Crippen LogP contribution in [0, 0.1) is 0 Å². The monoisotopic (exact) mass is 447 g/mol. The van der Waals surface area contributed by atoms with Gasteiger partial charge in [-0.2, -0.15) is 0 Å². The van der Waals surface area contributed by atoms with E-state index in [-0.39, 0.29) is 5.78 Å². The number of carbonyl (C=O) groups is 1. The Morgan fingerprint density at radius 3 is 2.48 bits per heavy atom. The van der Waals surface area contributed by atoms with E-state index in [9.17, 15) is 4.79 Å². The molecule has 4 nitrogen and oxygen atoms in total. The number of unbranched alkanes of at least 4 members (excludes halogenated alkanes) is 6. The van der Waals surface area contributed by atoms with Crippen molar-refractivity contribution in [1.29, 1.82) is 0 Å². The van der Waals surface area contributed by atoms with Crippen molar-refractivity contribution in [3.05, 3.63) is 59.7 Å². The number of ketones is 1. The molecule has 0 aromatic heterocycles. The lowest BCUT2D eigenvalue weighted by molar-refractivity contribution is 0.0957. The summed E-state index contributed by atoms with van der Waals surface area (Å²) >= 11 is 0. The van der Waals surface area contributed by atoms with Gasteiger partial charge in [-0.05, 0) is 65.5 Å². The number of carbonyl (C=O) groups excluding carboxylic acids is 1. The fraction of sp³-hybridized carbons (Fsp3) is 0.483. The maximum absolute atomic E-state index is 13.4. The molecule has 0 saturated heterocycles. The Kier molecular flexibility index (Phi) is 10.3. The maximum Gasteiger partial charge on any atom is 0.180 e. The van der Waals surface area contributed by atoms with Crippen LogP contribution in [0.2, 0.25) is 0 Å². The van der Waals surface area contributed by atoms with Crippen molar-refractivity contribution in [3.63, 3.8) is 0 Å². The molecule has 0 aliphatic heterocycles. The highest BCUT2D eigenvalue weighted by Gasteiger charge is 2.20. The summed E-state index contributed by atoms with van der Waals surface area (Å²) in [5.74, 6) is 0.0325. The van der Waals surface area contributed by atoms with Crippen molar-refractivity contribution in [2.75, 3.05) is 13.1 Å². The first-order chi connectivity index (χ1) is 16.2. The summed E-state index contributed by atoms with van der Waals surface area (Å²) < 4.78 is 0. The van der Waals surface area contributed by atoms with Crippen molar-refractivity contribution in [2.45, 2.75) is 77.3 Å². The molecule has 3 rings (SSSR count). The standard InChI is InChI=1S/C29H41N3O/c1-2-3-4-5-6-11-19-32-21-26-24-15-8-7-13-22(24)20-23-14-12-16-25(28(23)26)29(33)27(31)17-9-10-18-30/h7-8,12-16,20,27,32H,2-6,9-11,17-19,21,30-31H2,1H3/t27-/m0/s1. The molecule has 0 saturated carbocycles. The fourth-order valence-corrected chi connectivity index (χ4v) is 4.70. The summed E-state index contributed by atoms with van der Waals surface area (Å²) in [7, 11) is 0. The fourth-order valence-electron chi connectivity index (χ4n) is 4.70. The smallest absolute Gasteiger partial charge is 0.180 e. The van der Waals surface area contributed by atoms with E-state index in [2.05, 4.69) is 48.6 Å². The van der Waals surface area contributed by atoms with Crippen molar-refractivity contribution in [3.8, 4) is 0 Å². The summed E-state index contributed by atoms with van der Waals surface area (Å²) in [6, 6.07) is 16.2. The molecule has 3 aromatic rings. The number of nitrogens with two attached hydrogens (primary N) is 2. The average Bonchev–Trinajstić information content (AvgIpc) is 2.84. The number of fused-ring (bicyclic) bond motifs is 2. The molecule has 0 unspecified atom stereocenters. The summed E-state index contributed by atoms with van der Waals surface area (Å²) in [6.07, 6.45) is 10.2. The van der Waals surface area contributed by atoms with Crippen LogP contribution in [0.4, 0.5) is 0 Å². The molecule has 178 valence electrons. The quantitative estimate of drug-likeness (QED) is 0.150. The molecule has 0 amide bonds. The van der Waals surface area contributed by atoms with Crippen molar-refractivity contribution >= 4 is 27.3 Å². The first-order valence-corrected chi connectivity index (χ1v) is 12.8. The number of rotatable bonds is 15. The Bertz CT molecular complexity index is 1030. The van der Waals surface area contributed by atoms with Crippen LogP contribution >= 0.6 is 0 Å². The second-order valence-corrected chi connectivity index (χ2v) is 9.18. The third-order valence-electron chi connectivity index (χ3n) is 6.58. The van der Waals surface area contributed by atoms with E-state index in [0.717, 1.165) is 42.3 Å². The van der Waals surface area contributed by atoms with Crippen LogP contribution < -0.4 is 16.8 Å². The zero-order chi connectivity index (χ0) is 23.5. The lowest BCUT2D eigenvalue weighted by Gasteiger charge is -2.17. The predicted molar refractivity (Wildman–Crippen MR) is 142 cm³/mol. The minimum Gasteiger partial charge on any atom is -0.330 e. The van der Waals surface area contributed by atoms with Crippen LogP contribution in [-0.2, 0) is 6.54 Å². The van der Waals surface area contributed by atoms with Gasteiger partial charge in [0, 0.05) is 12.1 Å². The van der Waals surface area contributed by atoms with Crippen LogP contribution in [0.25, 0.3) is 21.5 Å². The highest BCUT2D eigenvalue weighted by Crippen LogP contribution is 2.32. The van der Waals surface area contributed by atoms with Gasteiger partial charge in [0.2, 0.25) is 0 Å². The number of nitrogens with one attached hydrogen (secondary N) is 1. The van der Waals surface area contributed by atoms with Gasteiger partial charge in [-0.3, -0.25) is 4.79 Å². The van der Waals surface area contributed by atoms with Gasteiger partial charge in [0.25, 0.3) is 0 Å². The Labute approximate surface area is 199 Å². The van der Waals surface area contributed by atoms with Gasteiger partial charge in [0.1, 0.15) is 0 Å². The Balaban J connectivity index is 1.85. The molecule has 1 atom stereocenters. The van der Waals surface area contributed by atoms with E-state index < -0.39 is 6.04 Å². The average molecular weight is 448 g/mol. The lowest BCUT2D eigenvalue weighted by atomic mass is 9.89. The van der Waals surface area contributed by atoms with Gasteiger partial charge in [-0.25, -0.2) is 0 Å². The second kappa shape index (κ2) is 13.4. The van der Waals surface area contributed by atoms with E-state index in [0.29, 0.717) is 13.0 Å². The van der Waals surface area contributed by atoms with Crippen molar-refractivity contribution in [2.24, 2.45) is 11.5 Å². The molecule has 0 radical (unpaired) electrons. The summed E-state index contributed by atoms with van der Waals surface area (Å²) in [5, 5.41) is 8.22. The summed E-state index contributed by atoms with van der Waals surface area (Å²) in [5.41, 5.74) is 13.9. The number of benzene rings is 3. The lowest BCUT2D eigenvalue weighted by Crippen LogP contribution is -2.31. The molecular weight excluding hydrogens is 406 g/mol. The van der Waals surface area contributed by atoms with Crippen molar-refractivity contribution < 1.29 is 4.79 Å². The van der Waals surface area contributed by atoms with Gasteiger partial charge >= 0.3 is 0 Å². The minimum absolute atomic E-state index is 0.0325. The molecule has 3 aromatic carbocycles. The van der Waals surface area contributed by atoms with Gasteiger partial charge in [0.05, 0.1) is 6.04 Å². The Hall–Kier alpha value is -2.27. The topological polar surface area (TPSA) is 81.1 Å². The van der Waals surface area contributed by atoms with Crippen LogP contribution in [0.3, 0.4) is 0 Å². The maximum atomic E-state index is 13.4. The van der Waals surface area contributed by atoms with Gasteiger partial charge in [0.15, 0.2) is 5.78 Å². The Morgan fingerprint density at radius 1 is 0.909 bits per heavy atom. The molecule has 0 aliphatic rings. The van der Waals surface area contributed by atoms with E-state index in [1.165, 1.54) is 54.9 Å². The molecule has 0 spiro atoms. The van der Waals surface area contributed by atoms with Crippen LogP contribution in [-0.4, -0.2) is 24.9 Å². The van der Waals surface area contributed by atoms with Gasteiger partial charge in [-0.15, -0.1) is 0 Å². The molecule has 33 heavy (non-hydrogen) atoms.